The van der Waals surface area contributed by atoms with Crippen molar-refractivity contribution in [3.63, 3.8) is 0 Å². The summed E-state index contributed by atoms with van der Waals surface area (Å²) in [6, 6.07) is 4.70. The number of rotatable bonds is 6. The molecular weight excluding hydrogens is 299 g/mol. The smallest absolute Gasteiger partial charge is 0.137 e. The second-order valence-corrected chi connectivity index (χ2v) is 4.80. The van der Waals surface area contributed by atoms with Crippen LogP contribution >= 0.6 is 15.9 Å². The van der Waals surface area contributed by atoms with Crippen LogP contribution in [0.15, 0.2) is 29.0 Å². The van der Waals surface area contributed by atoms with Crippen molar-refractivity contribution in [3.8, 4) is 0 Å². The van der Waals surface area contributed by atoms with Crippen LogP contribution in [0.25, 0.3) is 0 Å². The van der Waals surface area contributed by atoms with E-state index in [1.165, 1.54) is 18.5 Å². The second-order valence-electron chi connectivity index (χ2n) is 3.95. The lowest BCUT2D eigenvalue weighted by atomic mass is 10.2. The van der Waals surface area contributed by atoms with Gasteiger partial charge in [-0.1, -0.05) is 15.9 Å². The molecule has 6 heteroatoms. The lowest BCUT2D eigenvalue weighted by Gasteiger charge is -2.06. The van der Waals surface area contributed by atoms with Gasteiger partial charge in [0.2, 0.25) is 0 Å². The van der Waals surface area contributed by atoms with E-state index in [9.17, 15) is 4.39 Å². The summed E-state index contributed by atoms with van der Waals surface area (Å²) in [5.74, 6) is 0.681. The van der Waals surface area contributed by atoms with Crippen LogP contribution in [0.2, 0.25) is 0 Å². The Bertz CT molecular complexity index is 487. The van der Waals surface area contributed by atoms with E-state index < -0.39 is 0 Å². The highest BCUT2D eigenvalue weighted by molar-refractivity contribution is 9.10. The van der Waals surface area contributed by atoms with Crippen molar-refractivity contribution in [2.24, 2.45) is 0 Å². The molecule has 0 fully saturated rings. The van der Waals surface area contributed by atoms with E-state index in [0.29, 0.717) is 6.54 Å². The molecule has 0 unspecified atom stereocenters. The normalized spacial score (nSPS) is 10.8. The first kappa shape index (κ1) is 13.2. The van der Waals surface area contributed by atoms with Crippen LogP contribution in [0.4, 0.5) is 4.39 Å². The van der Waals surface area contributed by atoms with Crippen molar-refractivity contribution in [1.29, 1.82) is 0 Å². The highest BCUT2D eigenvalue weighted by Crippen LogP contribution is 2.17. The van der Waals surface area contributed by atoms with Gasteiger partial charge in [0.05, 0.1) is 0 Å². The van der Waals surface area contributed by atoms with E-state index in [2.05, 4.69) is 36.4 Å². The van der Waals surface area contributed by atoms with Gasteiger partial charge in [-0.05, 0) is 36.7 Å². The average molecular weight is 313 g/mol. The van der Waals surface area contributed by atoms with Crippen LogP contribution < -0.4 is 5.32 Å². The van der Waals surface area contributed by atoms with E-state index >= 15 is 0 Å². The van der Waals surface area contributed by atoms with Crippen molar-refractivity contribution in [3.05, 3.63) is 46.2 Å². The first-order chi connectivity index (χ1) is 8.75. The van der Waals surface area contributed by atoms with Crippen molar-refractivity contribution in [1.82, 2.24) is 20.5 Å². The molecule has 0 aliphatic carbocycles. The molecular formula is C12H14BrFN4. The lowest BCUT2D eigenvalue weighted by Crippen LogP contribution is -2.16. The Morgan fingerprint density at radius 3 is 3.06 bits per heavy atom. The SMILES string of the molecule is Fc1ccc(Br)c(CNCCCc2ncn[nH]2)c1. The number of aromatic amines is 1. The van der Waals surface area contributed by atoms with Crippen LogP contribution in [0.1, 0.15) is 17.8 Å². The fourth-order valence-corrected chi connectivity index (χ4v) is 2.02. The summed E-state index contributed by atoms with van der Waals surface area (Å²) in [7, 11) is 0. The quantitative estimate of drug-likeness (QED) is 0.805. The van der Waals surface area contributed by atoms with E-state index in [1.807, 2.05) is 0 Å². The van der Waals surface area contributed by atoms with Gasteiger partial charge in [-0.3, -0.25) is 5.10 Å². The summed E-state index contributed by atoms with van der Waals surface area (Å²) in [6.45, 7) is 1.50. The van der Waals surface area contributed by atoms with Gasteiger partial charge in [0.15, 0.2) is 0 Å². The van der Waals surface area contributed by atoms with Gasteiger partial charge in [0, 0.05) is 17.4 Å². The van der Waals surface area contributed by atoms with Crippen LogP contribution in [-0.4, -0.2) is 21.7 Å². The molecule has 1 aromatic heterocycles. The largest absolute Gasteiger partial charge is 0.313 e. The summed E-state index contributed by atoms with van der Waals surface area (Å²) in [4.78, 5) is 4.05. The van der Waals surface area contributed by atoms with Gasteiger partial charge in [-0.15, -0.1) is 0 Å². The molecule has 1 heterocycles. The molecule has 2 aromatic rings. The second kappa shape index (κ2) is 6.61. The average Bonchev–Trinajstić information content (AvgIpc) is 2.86. The number of H-pyrrole nitrogens is 1. The molecule has 4 nitrogen and oxygen atoms in total. The third kappa shape index (κ3) is 3.89. The molecule has 2 rings (SSSR count). The Labute approximate surface area is 113 Å². The number of benzene rings is 1. The van der Waals surface area contributed by atoms with Crippen LogP contribution in [0.5, 0.6) is 0 Å². The van der Waals surface area contributed by atoms with Crippen molar-refractivity contribution >= 4 is 15.9 Å². The van der Waals surface area contributed by atoms with Crippen molar-refractivity contribution in [2.75, 3.05) is 6.54 Å². The number of nitrogens with zero attached hydrogens (tertiary/aromatic N) is 2. The molecule has 0 spiro atoms. The summed E-state index contributed by atoms with van der Waals surface area (Å²) in [6.07, 6.45) is 3.33. The molecule has 0 aliphatic heterocycles. The highest BCUT2D eigenvalue weighted by Gasteiger charge is 2.01. The van der Waals surface area contributed by atoms with E-state index in [-0.39, 0.29) is 5.82 Å². The molecule has 1 aromatic carbocycles. The summed E-state index contributed by atoms with van der Waals surface area (Å²) in [5, 5.41) is 9.88. The zero-order valence-corrected chi connectivity index (χ0v) is 11.4. The van der Waals surface area contributed by atoms with E-state index in [0.717, 1.165) is 35.2 Å². The molecule has 0 saturated carbocycles. The van der Waals surface area contributed by atoms with Gasteiger partial charge in [0.1, 0.15) is 18.0 Å². The minimum atomic E-state index is -0.211. The predicted octanol–water partition coefficient (Wildman–Crippen LogP) is 2.43. The zero-order valence-electron chi connectivity index (χ0n) is 9.79. The molecule has 0 radical (unpaired) electrons. The first-order valence-electron chi connectivity index (χ1n) is 5.74. The maximum absolute atomic E-state index is 13.0. The maximum atomic E-state index is 13.0. The molecule has 0 amide bonds. The summed E-state index contributed by atoms with van der Waals surface area (Å²) in [5.41, 5.74) is 0.926. The van der Waals surface area contributed by atoms with Gasteiger partial charge < -0.3 is 5.32 Å². The summed E-state index contributed by atoms with van der Waals surface area (Å²) < 4.78 is 14.0. The van der Waals surface area contributed by atoms with Crippen LogP contribution in [0, 0.1) is 5.82 Å². The molecule has 2 N–H and O–H groups in total. The molecule has 0 saturated heterocycles. The third-order valence-electron chi connectivity index (χ3n) is 2.56. The number of halogens is 2. The molecule has 18 heavy (non-hydrogen) atoms. The number of aryl methyl sites for hydroxylation is 1. The number of aromatic nitrogens is 3. The van der Waals surface area contributed by atoms with Crippen LogP contribution in [0.3, 0.4) is 0 Å². The van der Waals surface area contributed by atoms with Crippen molar-refractivity contribution in [2.45, 2.75) is 19.4 Å². The number of hydrogen-bond acceptors (Lipinski definition) is 3. The predicted molar refractivity (Wildman–Crippen MR) is 70.5 cm³/mol. The Morgan fingerprint density at radius 1 is 1.39 bits per heavy atom. The third-order valence-corrected chi connectivity index (χ3v) is 3.33. The fourth-order valence-electron chi connectivity index (χ4n) is 1.63. The monoisotopic (exact) mass is 312 g/mol. The standard InChI is InChI=1S/C12H14BrFN4/c13-11-4-3-10(14)6-9(11)7-15-5-1-2-12-16-8-17-18-12/h3-4,6,8,15H,1-2,5,7H2,(H,16,17,18). The molecule has 0 atom stereocenters. The Morgan fingerprint density at radius 2 is 2.28 bits per heavy atom. The number of nitrogens with one attached hydrogen (secondary N) is 2. The topological polar surface area (TPSA) is 53.6 Å². The zero-order chi connectivity index (χ0) is 12.8. The fraction of sp³-hybridized carbons (Fsp3) is 0.333. The summed E-state index contributed by atoms with van der Waals surface area (Å²) >= 11 is 3.40. The Hall–Kier alpha value is -1.27. The lowest BCUT2D eigenvalue weighted by molar-refractivity contribution is 0.613. The first-order valence-corrected chi connectivity index (χ1v) is 6.54. The molecule has 96 valence electrons. The minimum absolute atomic E-state index is 0.211. The Balaban J connectivity index is 1.70. The van der Waals surface area contributed by atoms with E-state index in [1.54, 1.807) is 6.07 Å². The van der Waals surface area contributed by atoms with Gasteiger partial charge >= 0.3 is 0 Å². The van der Waals surface area contributed by atoms with E-state index in [4.69, 9.17) is 0 Å². The van der Waals surface area contributed by atoms with Gasteiger partial charge in [-0.25, -0.2) is 9.37 Å². The molecule has 0 aliphatic rings. The number of hydrogen-bond donors (Lipinski definition) is 2. The van der Waals surface area contributed by atoms with Gasteiger partial charge in [-0.2, -0.15) is 5.10 Å². The van der Waals surface area contributed by atoms with Crippen LogP contribution in [-0.2, 0) is 13.0 Å². The maximum Gasteiger partial charge on any atom is 0.137 e. The van der Waals surface area contributed by atoms with Crippen molar-refractivity contribution < 1.29 is 4.39 Å². The van der Waals surface area contributed by atoms with Gasteiger partial charge in [0.25, 0.3) is 0 Å². The minimum Gasteiger partial charge on any atom is -0.313 e. The molecule has 0 bridgehead atoms. The highest BCUT2D eigenvalue weighted by atomic mass is 79.9. The Kier molecular flexibility index (Phi) is 4.83.